The summed E-state index contributed by atoms with van der Waals surface area (Å²) in [5.41, 5.74) is 5.68. The second-order valence-corrected chi connectivity index (χ2v) is 3.19. The Kier molecular flexibility index (Phi) is 4.65. The highest BCUT2D eigenvalue weighted by Crippen LogP contribution is 2.08. The molecule has 10 heavy (non-hydrogen) atoms. The molecule has 2 heteroatoms. The first-order chi connectivity index (χ1) is 4.59. The highest BCUT2D eigenvalue weighted by atomic mass is 16.3. The lowest BCUT2D eigenvalue weighted by atomic mass is 9.97. The summed E-state index contributed by atoms with van der Waals surface area (Å²) in [4.78, 5) is 0. The molecule has 0 saturated heterocycles. The Bertz CT molecular complexity index is 83.3. The number of rotatable bonds is 4. The quantitative estimate of drug-likeness (QED) is 0.623. The maximum absolute atomic E-state index is 9.40. The molecule has 0 rings (SSSR count). The average Bonchev–Trinajstić information content (AvgIpc) is 1.87. The predicted octanol–water partition coefficient (Wildman–Crippen LogP) is 1.13. The fraction of sp³-hybridized carbons (Fsp3) is 1.00. The van der Waals surface area contributed by atoms with Crippen molar-refractivity contribution in [2.45, 2.75) is 45.8 Å². The van der Waals surface area contributed by atoms with E-state index in [4.69, 9.17) is 5.73 Å². The van der Waals surface area contributed by atoms with Crippen LogP contribution in [0.2, 0.25) is 0 Å². The van der Waals surface area contributed by atoms with Crippen LogP contribution in [0.3, 0.4) is 0 Å². The van der Waals surface area contributed by atoms with Crippen molar-refractivity contribution < 1.29 is 5.11 Å². The van der Waals surface area contributed by atoms with Crippen LogP contribution in [-0.4, -0.2) is 17.3 Å². The predicted molar refractivity (Wildman–Crippen MR) is 43.7 cm³/mol. The zero-order valence-electron chi connectivity index (χ0n) is 7.17. The second kappa shape index (κ2) is 4.69. The van der Waals surface area contributed by atoms with Gasteiger partial charge in [0.1, 0.15) is 0 Å². The first kappa shape index (κ1) is 9.92. The summed E-state index contributed by atoms with van der Waals surface area (Å²) in [5, 5.41) is 9.40. The smallest absolute Gasteiger partial charge is 0.0713 e. The van der Waals surface area contributed by atoms with E-state index in [1.165, 1.54) is 0 Å². The maximum atomic E-state index is 9.40. The molecule has 0 spiro atoms. The number of hydrogen-bond donors (Lipinski definition) is 2. The van der Waals surface area contributed by atoms with Crippen molar-refractivity contribution in [3.8, 4) is 0 Å². The number of hydrogen-bond acceptors (Lipinski definition) is 2. The lowest BCUT2D eigenvalue weighted by molar-refractivity contribution is 0.0944. The minimum absolute atomic E-state index is 0.0370. The Morgan fingerprint density at radius 1 is 1.40 bits per heavy atom. The monoisotopic (exact) mass is 145 g/mol. The van der Waals surface area contributed by atoms with Crippen LogP contribution in [0.15, 0.2) is 0 Å². The molecular formula is C8H19NO. The number of nitrogens with two attached hydrogens (primary N) is 1. The minimum Gasteiger partial charge on any atom is -0.391 e. The second-order valence-electron chi connectivity index (χ2n) is 3.19. The molecule has 0 heterocycles. The van der Waals surface area contributed by atoms with Crippen molar-refractivity contribution in [1.82, 2.24) is 0 Å². The van der Waals surface area contributed by atoms with E-state index in [2.05, 4.69) is 6.92 Å². The van der Waals surface area contributed by atoms with E-state index in [9.17, 15) is 5.11 Å². The van der Waals surface area contributed by atoms with Crippen LogP contribution < -0.4 is 5.73 Å². The molecule has 3 N–H and O–H groups in total. The molecular weight excluding hydrogens is 126 g/mol. The van der Waals surface area contributed by atoms with Gasteiger partial charge in [0.15, 0.2) is 0 Å². The Morgan fingerprint density at radius 3 is 2.20 bits per heavy atom. The molecule has 0 amide bonds. The van der Waals surface area contributed by atoms with Crippen molar-refractivity contribution in [1.29, 1.82) is 0 Å². The first-order valence-corrected chi connectivity index (χ1v) is 4.03. The summed E-state index contributed by atoms with van der Waals surface area (Å²) in [6, 6.07) is -0.0370. The fourth-order valence-electron chi connectivity index (χ4n) is 0.998. The van der Waals surface area contributed by atoms with E-state index < -0.39 is 0 Å². The van der Waals surface area contributed by atoms with Gasteiger partial charge in [-0.05, 0) is 12.3 Å². The van der Waals surface area contributed by atoms with Crippen LogP contribution in [0, 0.1) is 5.92 Å². The summed E-state index contributed by atoms with van der Waals surface area (Å²) in [7, 11) is 0. The topological polar surface area (TPSA) is 46.2 Å². The van der Waals surface area contributed by atoms with E-state index in [0.717, 1.165) is 12.8 Å². The molecule has 0 aromatic carbocycles. The molecule has 0 unspecified atom stereocenters. The van der Waals surface area contributed by atoms with E-state index in [-0.39, 0.29) is 18.1 Å². The van der Waals surface area contributed by atoms with Crippen LogP contribution in [-0.2, 0) is 0 Å². The highest BCUT2D eigenvalue weighted by Gasteiger charge is 2.16. The van der Waals surface area contributed by atoms with Crippen LogP contribution in [0.1, 0.15) is 33.6 Å². The fourth-order valence-corrected chi connectivity index (χ4v) is 0.998. The summed E-state index contributed by atoms with van der Waals surface area (Å²) < 4.78 is 0. The zero-order chi connectivity index (χ0) is 8.15. The Balaban J connectivity index is 3.58. The molecule has 2 atom stereocenters. The molecule has 0 aliphatic carbocycles. The van der Waals surface area contributed by atoms with Gasteiger partial charge in [0.2, 0.25) is 0 Å². The van der Waals surface area contributed by atoms with Crippen LogP contribution in [0.5, 0.6) is 0 Å². The van der Waals surface area contributed by atoms with Crippen LogP contribution in [0.25, 0.3) is 0 Å². The summed E-state index contributed by atoms with van der Waals surface area (Å²) in [5.74, 6) is 0.279. The molecule has 0 aliphatic rings. The third-order valence-corrected chi connectivity index (χ3v) is 1.74. The molecule has 0 aromatic heterocycles. The van der Waals surface area contributed by atoms with Gasteiger partial charge in [-0.15, -0.1) is 0 Å². The molecule has 0 bridgehead atoms. The molecule has 2 nitrogen and oxygen atoms in total. The zero-order valence-corrected chi connectivity index (χ0v) is 7.17. The van der Waals surface area contributed by atoms with Gasteiger partial charge < -0.3 is 10.8 Å². The minimum atomic E-state index is -0.333. The largest absolute Gasteiger partial charge is 0.391 e. The number of aliphatic hydroxyl groups excluding tert-OH is 1. The van der Waals surface area contributed by atoms with Gasteiger partial charge in [0.25, 0.3) is 0 Å². The van der Waals surface area contributed by atoms with E-state index in [1.54, 1.807) is 0 Å². The summed E-state index contributed by atoms with van der Waals surface area (Å²) in [6.07, 6.45) is 1.63. The van der Waals surface area contributed by atoms with Crippen molar-refractivity contribution >= 4 is 0 Å². The highest BCUT2D eigenvalue weighted by molar-refractivity contribution is 4.73. The van der Waals surface area contributed by atoms with Gasteiger partial charge >= 0.3 is 0 Å². The lowest BCUT2D eigenvalue weighted by Crippen LogP contribution is -2.37. The van der Waals surface area contributed by atoms with Gasteiger partial charge in [-0.3, -0.25) is 0 Å². The van der Waals surface area contributed by atoms with Gasteiger partial charge in [-0.1, -0.05) is 27.2 Å². The Labute approximate surface area is 63.4 Å². The first-order valence-electron chi connectivity index (χ1n) is 4.03. The van der Waals surface area contributed by atoms with Crippen LogP contribution >= 0.6 is 0 Å². The van der Waals surface area contributed by atoms with Gasteiger partial charge in [-0.25, -0.2) is 0 Å². The van der Waals surface area contributed by atoms with Crippen molar-refractivity contribution in [3.05, 3.63) is 0 Å². The van der Waals surface area contributed by atoms with E-state index in [0.29, 0.717) is 0 Å². The molecule has 0 radical (unpaired) electrons. The third-order valence-electron chi connectivity index (χ3n) is 1.74. The molecule has 62 valence electrons. The van der Waals surface area contributed by atoms with Crippen LogP contribution in [0.4, 0.5) is 0 Å². The Hall–Kier alpha value is -0.0800. The van der Waals surface area contributed by atoms with E-state index >= 15 is 0 Å². The van der Waals surface area contributed by atoms with Crippen molar-refractivity contribution in [2.75, 3.05) is 0 Å². The van der Waals surface area contributed by atoms with Crippen molar-refractivity contribution in [2.24, 2.45) is 11.7 Å². The molecule has 0 aliphatic heterocycles. The normalized spacial score (nSPS) is 17.4. The molecule has 0 saturated carbocycles. The lowest BCUT2D eigenvalue weighted by Gasteiger charge is -2.21. The summed E-state index contributed by atoms with van der Waals surface area (Å²) in [6.45, 7) is 6.05. The SMILES string of the molecule is CCC[C@H](N)[C@H](O)C(C)C. The van der Waals surface area contributed by atoms with Crippen molar-refractivity contribution in [3.63, 3.8) is 0 Å². The van der Waals surface area contributed by atoms with Gasteiger partial charge in [0.05, 0.1) is 6.10 Å². The number of aliphatic hydroxyl groups is 1. The van der Waals surface area contributed by atoms with Gasteiger partial charge in [0, 0.05) is 6.04 Å². The third kappa shape index (κ3) is 3.18. The standard InChI is InChI=1S/C8H19NO/c1-4-5-7(9)8(10)6(2)3/h6-8,10H,4-5,9H2,1-3H3/t7-,8+/m0/s1. The molecule has 0 aromatic rings. The molecule has 0 fully saturated rings. The average molecular weight is 145 g/mol. The maximum Gasteiger partial charge on any atom is 0.0713 e. The summed E-state index contributed by atoms with van der Waals surface area (Å²) >= 11 is 0. The van der Waals surface area contributed by atoms with Gasteiger partial charge in [-0.2, -0.15) is 0 Å². The Morgan fingerprint density at radius 2 is 1.90 bits per heavy atom. The van der Waals surface area contributed by atoms with E-state index in [1.807, 2.05) is 13.8 Å².